The van der Waals surface area contributed by atoms with Gasteiger partial charge in [-0.25, -0.2) is 4.98 Å². The lowest BCUT2D eigenvalue weighted by Crippen LogP contribution is -2.26. The molecule has 102 valence electrons. The van der Waals surface area contributed by atoms with Crippen molar-refractivity contribution in [3.05, 3.63) is 47.5 Å². The molecule has 0 atom stereocenters. The van der Waals surface area contributed by atoms with E-state index in [-0.39, 0.29) is 5.91 Å². The van der Waals surface area contributed by atoms with Crippen molar-refractivity contribution >= 4 is 5.91 Å². The minimum Gasteiger partial charge on any atom is -0.356 e. The molecule has 0 bridgehead atoms. The zero-order valence-electron chi connectivity index (χ0n) is 11.0. The van der Waals surface area contributed by atoms with E-state index in [9.17, 15) is 4.79 Å². The van der Waals surface area contributed by atoms with Crippen molar-refractivity contribution in [3.8, 4) is 6.07 Å². The lowest BCUT2D eigenvalue weighted by Gasteiger charge is -2.04. The summed E-state index contributed by atoms with van der Waals surface area (Å²) in [4.78, 5) is 15.7. The minimum atomic E-state index is -0.0210. The van der Waals surface area contributed by atoms with E-state index in [1.165, 1.54) is 6.33 Å². The molecule has 0 saturated carbocycles. The monoisotopic (exact) mass is 269 g/mol. The molecule has 0 radical (unpaired) electrons. The van der Waals surface area contributed by atoms with E-state index in [0.717, 1.165) is 24.2 Å². The second-order valence-corrected chi connectivity index (χ2v) is 4.37. The smallest absolute Gasteiger partial charge is 0.224 e. The summed E-state index contributed by atoms with van der Waals surface area (Å²) in [5, 5.41) is 18.1. The quantitative estimate of drug-likeness (QED) is 0.764. The molecule has 1 amide bonds. The number of carbonyl (C=O) groups excluding carboxylic acids is 1. The molecule has 0 aliphatic rings. The highest BCUT2D eigenvalue weighted by molar-refractivity contribution is 5.78. The number of aromatic nitrogens is 3. The number of nitriles is 1. The third-order valence-corrected chi connectivity index (χ3v) is 2.83. The molecule has 0 aliphatic heterocycles. The van der Waals surface area contributed by atoms with Crippen molar-refractivity contribution in [1.29, 1.82) is 5.26 Å². The van der Waals surface area contributed by atoms with E-state index in [0.29, 0.717) is 18.5 Å². The molecule has 0 saturated heterocycles. The second-order valence-electron chi connectivity index (χ2n) is 4.37. The first kappa shape index (κ1) is 13.7. The van der Waals surface area contributed by atoms with Gasteiger partial charge in [-0.1, -0.05) is 12.1 Å². The highest BCUT2D eigenvalue weighted by Crippen LogP contribution is 2.04. The van der Waals surface area contributed by atoms with Crippen LogP contribution in [0.2, 0.25) is 0 Å². The van der Waals surface area contributed by atoms with Crippen LogP contribution in [0.15, 0.2) is 30.6 Å². The van der Waals surface area contributed by atoms with Crippen molar-refractivity contribution in [3.63, 3.8) is 0 Å². The standard InChI is InChI=1S/C14H15N5O/c15-9-12-5-3-11(4-6-12)8-14(20)16-7-1-2-13-17-10-18-19-13/h3-6,10H,1-2,7-8H2,(H,16,20)(H,17,18,19). The molecule has 0 fully saturated rings. The van der Waals surface area contributed by atoms with E-state index < -0.39 is 0 Å². The molecule has 6 heteroatoms. The number of hydrogen-bond acceptors (Lipinski definition) is 4. The Hall–Kier alpha value is -2.68. The molecular formula is C14H15N5O. The van der Waals surface area contributed by atoms with E-state index in [1.807, 2.05) is 6.07 Å². The molecule has 1 heterocycles. The van der Waals surface area contributed by atoms with Crippen LogP contribution in [0.3, 0.4) is 0 Å². The van der Waals surface area contributed by atoms with Gasteiger partial charge in [0.15, 0.2) is 0 Å². The number of H-pyrrole nitrogens is 1. The lowest BCUT2D eigenvalue weighted by atomic mass is 10.1. The zero-order chi connectivity index (χ0) is 14.2. The van der Waals surface area contributed by atoms with Gasteiger partial charge in [-0.05, 0) is 24.1 Å². The van der Waals surface area contributed by atoms with Gasteiger partial charge >= 0.3 is 0 Å². The molecular weight excluding hydrogens is 254 g/mol. The number of aryl methyl sites for hydroxylation is 1. The Morgan fingerprint density at radius 1 is 1.35 bits per heavy atom. The Kier molecular flexibility index (Phi) is 4.84. The fourth-order valence-corrected chi connectivity index (χ4v) is 1.78. The van der Waals surface area contributed by atoms with Gasteiger partial charge in [0, 0.05) is 13.0 Å². The third-order valence-electron chi connectivity index (χ3n) is 2.83. The first-order valence-corrected chi connectivity index (χ1v) is 6.38. The fourth-order valence-electron chi connectivity index (χ4n) is 1.78. The maximum absolute atomic E-state index is 11.7. The van der Waals surface area contributed by atoms with Crippen molar-refractivity contribution in [1.82, 2.24) is 20.5 Å². The van der Waals surface area contributed by atoms with Crippen LogP contribution < -0.4 is 5.32 Å². The van der Waals surface area contributed by atoms with Gasteiger partial charge in [0.05, 0.1) is 18.1 Å². The summed E-state index contributed by atoms with van der Waals surface area (Å²) in [5.74, 6) is 0.804. The molecule has 2 aromatic rings. The number of carbonyl (C=O) groups is 1. The Morgan fingerprint density at radius 3 is 2.80 bits per heavy atom. The first-order chi connectivity index (χ1) is 9.78. The highest BCUT2D eigenvalue weighted by atomic mass is 16.1. The van der Waals surface area contributed by atoms with Crippen LogP contribution in [0.4, 0.5) is 0 Å². The lowest BCUT2D eigenvalue weighted by molar-refractivity contribution is -0.120. The predicted molar refractivity (Wildman–Crippen MR) is 72.6 cm³/mol. The normalized spacial score (nSPS) is 9.95. The van der Waals surface area contributed by atoms with Gasteiger partial charge in [-0.15, -0.1) is 0 Å². The summed E-state index contributed by atoms with van der Waals surface area (Å²) in [6.45, 7) is 0.607. The van der Waals surface area contributed by atoms with Crippen LogP contribution in [-0.4, -0.2) is 27.6 Å². The average molecular weight is 269 g/mol. The number of hydrogen-bond donors (Lipinski definition) is 2. The molecule has 2 N–H and O–H groups in total. The maximum Gasteiger partial charge on any atom is 0.224 e. The summed E-state index contributed by atoms with van der Waals surface area (Å²) in [7, 11) is 0. The zero-order valence-corrected chi connectivity index (χ0v) is 11.0. The van der Waals surface area contributed by atoms with Crippen LogP contribution in [-0.2, 0) is 17.6 Å². The van der Waals surface area contributed by atoms with Crippen LogP contribution in [0, 0.1) is 11.3 Å². The van der Waals surface area contributed by atoms with Gasteiger partial charge in [0.25, 0.3) is 0 Å². The van der Waals surface area contributed by atoms with E-state index in [4.69, 9.17) is 5.26 Å². The number of rotatable bonds is 6. The number of nitrogens with one attached hydrogen (secondary N) is 2. The van der Waals surface area contributed by atoms with E-state index in [1.54, 1.807) is 24.3 Å². The SMILES string of the molecule is N#Cc1ccc(CC(=O)NCCCc2ncn[nH]2)cc1. The average Bonchev–Trinajstić information content (AvgIpc) is 2.98. The Morgan fingerprint density at radius 2 is 2.15 bits per heavy atom. The highest BCUT2D eigenvalue weighted by Gasteiger charge is 2.03. The molecule has 2 rings (SSSR count). The summed E-state index contributed by atoms with van der Waals surface area (Å²) in [6.07, 6.45) is 3.37. The summed E-state index contributed by atoms with van der Waals surface area (Å²) in [5.41, 5.74) is 1.50. The number of benzene rings is 1. The Bertz CT molecular complexity index is 583. The van der Waals surface area contributed by atoms with Crippen LogP contribution in [0.25, 0.3) is 0 Å². The number of nitrogens with zero attached hydrogens (tertiary/aromatic N) is 3. The second kappa shape index (κ2) is 7.04. The minimum absolute atomic E-state index is 0.0210. The molecule has 0 aliphatic carbocycles. The van der Waals surface area contributed by atoms with Crippen molar-refractivity contribution in [2.24, 2.45) is 0 Å². The number of aromatic amines is 1. The molecule has 1 aromatic heterocycles. The van der Waals surface area contributed by atoms with Gasteiger partial charge in [0.1, 0.15) is 12.2 Å². The third kappa shape index (κ3) is 4.21. The van der Waals surface area contributed by atoms with Crippen molar-refractivity contribution in [2.45, 2.75) is 19.3 Å². The van der Waals surface area contributed by atoms with Crippen molar-refractivity contribution < 1.29 is 4.79 Å². The Balaban J connectivity index is 1.68. The molecule has 1 aromatic carbocycles. The topological polar surface area (TPSA) is 94.5 Å². The summed E-state index contributed by atoms with van der Waals surface area (Å²) < 4.78 is 0. The van der Waals surface area contributed by atoms with Crippen LogP contribution in [0.1, 0.15) is 23.4 Å². The van der Waals surface area contributed by atoms with Crippen molar-refractivity contribution in [2.75, 3.05) is 6.54 Å². The predicted octanol–water partition coefficient (Wildman–Crippen LogP) is 0.968. The molecule has 6 nitrogen and oxygen atoms in total. The fraction of sp³-hybridized carbons (Fsp3) is 0.286. The van der Waals surface area contributed by atoms with Gasteiger partial charge in [-0.3, -0.25) is 9.89 Å². The van der Waals surface area contributed by atoms with E-state index in [2.05, 4.69) is 20.5 Å². The molecule has 0 spiro atoms. The summed E-state index contributed by atoms with van der Waals surface area (Å²) in [6, 6.07) is 9.07. The first-order valence-electron chi connectivity index (χ1n) is 6.38. The molecule has 0 unspecified atom stereocenters. The van der Waals surface area contributed by atoms with Crippen LogP contribution in [0.5, 0.6) is 0 Å². The van der Waals surface area contributed by atoms with Gasteiger partial charge in [-0.2, -0.15) is 10.4 Å². The molecule has 20 heavy (non-hydrogen) atoms. The number of amides is 1. The van der Waals surface area contributed by atoms with Gasteiger partial charge in [0.2, 0.25) is 5.91 Å². The van der Waals surface area contributed by atoms with Gasteiger partial charge < -0.3 is 5.32 Å². The largest absolute Gasteiger partial charge is 0.356 e. The van der Waals surface area contributed by atoms with E-state index >= 15 is 0 Å². The maximum atomic E-state index is 11.7. The summed E-state index contributed by atoms with van der Waals surface area (Å²) >= 11 is 0. The van der Waals surface area contributed by atoms with Crippen LogP contribution >= 0.6 is 0 Å². The Labute approximate surface area is 116 Å².